The number of piperidine rings is 2. The van der Waals surface area contributed by atoms with Crippen LogP contribution in [0.1, 0.15) is 55.0 Å². The number of carboxylic acids is 1. The predicted octanol–water partition coefficient (Wildman–Crippen LogP) is 4.64. The Morgan fingerprint density at radius 1 is 1.09 bits per heavy atom. The summed E-state index contributed by atoms with van der Waals surface area (Å²) in [5, 5.41) is 13.9. The number of likely N-dealkylation sites (tertiary alicyclic amines) is 2. The lowest BCUT2D eigenvalue weighted by Crippen LogP contribution is -2.49. The van der Waals surface area contributed by atoms with E-state index < -0.39 is 12.0 Å². The summed E-state index contributed by atoms with van der Waals surface area (Å²) in [4.78, 5) is 21.7. The van der Waals surface area contributed by atoms with Gasteiger partial charge < -0.3 is 15.3 Å². The first-order valence-electron chi connectivity index (χ1n) is 12.8. The number of benzene rings is 1. The number of aromatic nitrogens is 1. The SMILES string of the molecule is O=C(O)[C@@H](c1ccccc1Cl)N1CCC(N2CCC(Cc3ccc4c(n3)NCCC4)CC2)CC1. The third-order valence-corrected chi connectivity index (χ3v) is 8.26. The molecule has 0 amide bonds. The number of fused-ring (bicyclic) bond motifs is 1. The number of hydrogen-bond acceptors (Lipinski definition) is 5. The van der Waals surface area contributed by atoms with E-state index in [-0.39, 0.29) is 0 Å². The van der Waals surface area contributed by atoms with E-state index in [4.69, 9.17) is 16.6 Å². The summed E-state index contributed by atoms with van der Waals surface area (Å²) >= 11 is 6.33. The molecule has 2 N–H and O–H groups in total. The van der Waals surface area contributed by atoms with E-state index in [2.05, 4.69) is 27.2 Å². The Balaban J connectivity index is 1.12. The number of hydrogen-bond donors (Lipinski definition) is 2. The minimum atomic E-state index is -0.821. The van der Waals surface area contributed by atoms with Gasteiger partial charge in [0.25, 0.3) is 0 Å². The lowest BCUT2D eigenvalue weighted by molar-refractivity contribution is -0.144. The van der Waals surface area contributed by atoms with Crippen LogP contribution in [-0.4, -0.2) is 64.6 Å². The summed E-state index contributed by atoms with van der Waals surface area (Å²) in [6, 6.07) is 11.7. The normalized spacial score (nSPS) is 21.6. The first-order valence-corrected chi connectivity index (χ1v) is 13.1. The minimum absolute atomic E-state index is 0.531. The number of carbonyl (C=O) groups is 1. The van der Waals surface area contributed by atoms with Crippen LogP contribution in [0, 0.1) is 5.92 Å². The second-order valence-corrected chi connectivity index (χ2v) is 10.5. The highest BCUT2D eigenvalue weighted by atomic mass is 35.5. The van der Waals surface area contributed by atoms with Crippen LogP contribution in [0.4, 0.5) is 5.82 Å². The number of anilines is 1. The lowest BCUT2D eigenvalue weighted by atomic mass is 9.89. The molecule has 5 rings (SSSR count). The maximum Gasteiger partial charge on any atom is 0.325 e. The quantitative estimate of drug-likeness (QED) is 0.625. The van der Waals surface area contributed by atoms with Gasteiger partial charge in [0.15, 0.2) is 0 Å². The minimum Gasteiger partial charge on any atom is -0.480 e. The van der Waals surface area contributed by atoms with Gasteiger partial charge in [-0.05, 0) is 87.2 Å². The van der Waals surface area contributed by atoms with E-state index in [0.29, 0.717) is 22.5 Å². The molecule has 1 aromatic carbocycles. The second kappa shape index (κ2) is 10.6. The van der Waals surface area contributed by atoms with Gasteiger partial charge in [0.1, 0.15) is 11.9 Å². The van der Waals surface area contributed by atoms with Crippen LogP contribution in [0.25, 0.3) is 0 Å². The van der Waals surface area contributed by atoms with Gasteiger partial charge in [0.05, 0.1) is 0 Å². The fourth-order valence-electron chi connectivity index (χ4n) is 5.99. The molecule has 0 saturated carbocycles. The van der Waals surface area contributed by atoms with Crippen molar-refractivity contribution in [3.05, 3.63) is 58.2 Å². The molecule has 0 spiro atoms. The van der Waals surface area contributed by atoms with Crippen molar-refractivity contribution in [1.29, 1.82) is 0 Å². The van der Waals surface area contributed by atoms with Crippen LogP contribution < -0.4 is 5.32 Å². The van der Waals surface area contributed by atoms with E-state index >= 15 is 0 Å². The summed E-state index contributed by atoms with van der Waals surface area (Å²) in [5.74, 6) is 0.977. The Kier molecular flexibility index (Phi) is 7.37. The Morgan fingerprint density at radius 2 is 1.85 bits per heavy atom. The molecule has 6 nitrogen and oxygen atoms in total. The molecule has 2 aromatic rings. The number of halogens is 1. The van der Waals surface area contributed by atoms with Crippen LogP contribution >= 0.6 is 11.6 Å². The van der Waals surface area contributed by atoms with Gasteiger partial charge in [-0.3, -0.25) is 9.69 Å². The molecular weight excluding hydrogens is 448 g/mol. The summed E-state index contributed by atoms with van der Waals surface area (Å²) in [5.41, 5.74) is 3.27. The molecule has 3 aliphatic rings. The van der Waals surface area contributed by atoms with Gasteiger partial charge in [-0.25, -0.2) is 4.98 Å². The summed E-state index contributed by atoms with van der Waals surface area (Å²) < 4.78 is 0. The Morgan fingerprint density at radius 3 is 2.59 bits per heavy atom. The molecule has 0 radical (unpaired) electrons. The third-order valence-electron chi connectivity index (χ3n) is 7.91. The van der Waals surface area contributed by atoms with E-state index in [0.717, 1.165) is 64.2 Å². The fourth-order valence-corrected chi connectivity index (χ4v) is 6.23. The number of rotatable bonds is 6. The number of pyridine rings is 1. The number of aliphatic carboxylic acids is 1. The van der Waals surface area contributed by atoms with Crippen molar-refractivity contribution in [3.63, 3.8) is 0 Å². The first kappa shape index (κ1) is 23.6. The predicted molar refractivity (Wildman–Crippen MR) is 135 cm³/mol. The summed E-state index contributed by atoms with van der Waals surface area (Å²) in [6.07, 6.45) is 7.85. The highest BCUT2D eigenvalue weighted by molar-refractivity contribution is 6.31. The zero-order chi connectivity index (χ0) is 23.5. The zero-order valence-electron chi connectivity index (χ0n) is 19.8. The van der Waals surface area contributed by atoms with Crippen molar-refractivity contribution < 1.29 is 9.90 Å². The standard InChI is InChI=1S/C27H35ClN4O2/c28-24-6-2-1-5-23(24)25(27(33)34)32-16-11-22(12-17-32)31-14-9-19(10-15-31)18-21-8-7-20-4-3-13-29-26(20)30-21/h1-2,5-8,19,22,25H,3-4,9-18H2,(H,29,30)(H,33,34)/t25-/m1/s1. The zero-order valence-corrected chi connectivity index (χ0v) is 20.5. The molecule has 3 aliphatic heterocycles. The third kappa shape index (κ3) is 5.24. The molecule has 4 heterocycles. The molecule has 0 aliphatic carbocycles. The first-order chi connectivity index (χ1) is 16.6. The molecule has 182 valence electrons. The molecule has 1 atom stereocenters. The number of nitrogens with zero attached hydrogens (tertiary/aromatic N) is 3. The fraction of sp³-hybridized carbons (Fsp3) is 0.556. The molecule has 2 saturated heterocycles. The van der Waals surface area contributed by atoms with Crippen molar-refractivity contribution in [1.82, 2.24) is 14.8 Å². The molecule has 7 heteroatoms. The topological polar surface area (TPSA) is 68.7 Å². The molecule has 1 aromatic heterocycles. The number of aryl methyl sites for hydroxylation is 1. The van der Waals surface area contributed by atoms with Crippen molar-refractivity contribution in [3.8, 4) is 0 Å². The van der Waals surface area contributed by atoms with Gasteiger partial charge in [0.2, 0.25) is 0 Å². The largest absolute Gasteiger partial charge is 0.480 e. The highest BCUT2D eigenvalue weighted by Gasteiger charge is 2.34. The summed E-state index contributed by atoms with van der Waals surface area (Å²) in [6.45, 7) is 4.88. The van der Waals surface area contributed by atoms with Gasteiger partial charge >= 0.3 is 5.97 Å². The molecule has 0 bridgehead atoms. The summed E-state index contributed by atoms with van der Waals surface area (Å²) in [7, 11) is 0. The van der Waals surface area contributed by atoms with E-state index in [1.807, 2.05) is 18.2 Å². The lowest BCUT2D eigenvalue weighted by Gasteiger charge is -2.43. The van der Waals surface area contributed by atoms with Crippen molar-refractivity contribution >= 4 is 23.4 Å². The monoisotopic (exact) mass is 482 g/mol. The Labute approximate surface area is 207 Å². The Hall–Kier alpha value is -2.15. The van der Waals surface area contributed by atoms with Crippen LogP contribution in [0.2, 0.25) is 5.02 Å². The Bertz CT molecular complexity index is 1000. The van der Waals surface area contributed by atoms with Gasteiger partial charge in [-0.1, -0.05) is 35.9 Å². The molecule has 0 unspecified atom stereocenters. The average Bonchev–Trinajstić information content (AvgIpc) is 2.86. The maximum atomic E-state index is 12.1. The number of carboxylic acid groups (broad SMARTS) is 1. The average molecular weight is 483 g/mol. The molecule has 2 fully saturated rings. The van der Waals surface area contributed by atoms with Crippen LogP contribution in [0.5, 0.6) is 0 Å². The molecular formula is C27H35ClN4O2. The van der Waals surface area contributed by atoms with Gasteiger partial charge in [0, 0.05) is 36.4 Å². The van der Waals surface area contributed by atoms with Gasteiger partial charge in [-0.15, -0.1) is 0 Å². The second-order valence-electron chi connectivity index (χ2n) is 10.1. The van der Waals surface area contributed by atoms with Gasteiger partial charge in [-0.2, -0.15) is 0 Å². The van der Waals surface area contributed by atoms with Crippen LogP contribution in [0.15, 0.2) is 36.4 Å². The van der Waals surface area contributed by atoms with Crippen LogP contribution in [-0.2, 0) is 17.6 Å². The molecule has 34 heavy (non-hydrogen) atoms. The highest BCUT2D eigenvalue weighted by Crippen LogP contribution is 2.32. The van der Waals surface area contributed by atoms with Crippen molar-refractivity contribution in [2.75, 3.05) is 38.0 Å². The van der Waals surface area contributed by atoms with E-state index in [1.165, 1.54) is 30.5 Å². The van der Waals surface area contributed by atoms with E-state index in [1.54, 1.807) is 6.07 Å². The van der Waals surface area contributed by atoms with E-state index in [9.17, 15) is 9.90 Å². The smallest absolute Gasteiger partial charge is 0.325 e. The van der Waals surface area contributed by atoms with Crippen LogP contribution in [0.3, 0.4) is 0 Å². The maximum absolute atomic E-state index is 12.1. The van der Waals surface area contributed by atoms with Crippen molar-refractivity contribution in [2.45, 2.75) is 57.0 Å². The van der Waals surface area contributed by atoms with Crippen molar-refractivity contribution in [2.24, 2.45) is 5.92 Å². The number of nitrogens with one attached hydrogen (secondary N) is 1.